The van der Waals surface area contributed by atoms with Gasteiger partial charge in [-0.05, 0) is 45.2 Å². The SMILES string of the molecule is O=C(Nc1nccs1)C1CCN(CC(=O)N2CCCCC2)CC1. The number of likely N-dealkylation sites (tertiary alicyclic amines) is 2. The Morgan fingerprint density at radius 3 is 2.57 bits per heavy atom. The van der Waals surface area contributed by atoms with Crippen molar-refractivity contribution in [3.8, 4) is 0 Å². The zero-order valence-electron chi connectivity index (χ0n) is 13.4. The second-order valence-electron chi connectivity index (χ2n) is 6.32. The summed E-state index contributed by atoms with van der Waals surface area (Å²) in [5, 5.41) is 5.39. The lowest BCUT2D eigenvalue weighted by Gasteiger charge is -2.33. The van der Waals surface area contributed by atoms with Gasteiger partial charge in [0.05, 0.1) is 6.54 Å². The lowest BCUT2D eigenvalue weighted by Crippen LogP contribution is -2.46. The zero-order chi connectivity index (χ0) is 16.1. The minimum absolute atomic E-state index is 0.0280. The number of nitrogens with zero attached hydrogens (tertiary/aromatic N) is 3. The highest BCUT2D eigenvalue weighted by molar-refractivity contribution is 7.13. The van der Waals surface area contributed by atoms with E-state index in [1.807, 2.05) is 10.3 Å². The van der Waals surface area contributed by atoms with E-state index >= 15 is 0 Å². The standard InChI is InChI=1S/C16H24N4O2S/c21-14(20-7-2-1-3-8-20)12-19-9-4-13(5-10-19)15(22)18-16-17-6-11-23-16/h6,11,13H,1-5,7-10,12H2,(H,17,18,22). The van der Waals surface area contributed by atoms with Crippen molar-refractivity contribution in [2.45, 2.75) is 32.1 Å². The first kappa shape index (κ1) is 16.4. The summed E-state index contributed by atoms with van der Waals surface area (Å²) in [6.07, 6.45) is 6.81. The summed E-state index contributed by atoms with van der Waals surface area (Å²) in [5.74, 6) is 0.331. The molecule has 2 saturated heterocycles. The van der Waals surface area contributed by atoms with Crippen LogP contribution in [-0.4, -0.2) is 59.3 Å². The largest absolute Gasteiger partial charge is 0.342 e. The molecule has 0 aliphatic carbocycles. The first-order valence-corrected chi connectivity index (χ1v) is 9.31. The van der Waals surface area contributed by atoms with Crippen molar-refractivity contribution in [3.05, 3.63) is 11.6 Å². The van der Waals surface area contributed by atoms with Crippen LogP contribution in [0.5, 0.6) is 0 Å². The molecular formula is C16H24N4O2S. The number of carbonyl (C=O) groups excluding carboxylic acids is 2. The second-order valence-corrected chi connectivity index (χ2v) is 7.21. The third-order valence-electron chi connectivity index (χ3n) is 4.69. The number of aromatic nitrogens is 1. The predicted octanol–water partition coefficient (Wildman–Crippen LogP) is 1.81. The van der Waals surface area contributed by atoms with Gasteiger partial charge in [-0.15, -0.1) is 11.3 Å². The average Bonchev–Trinajstić information content (AvgIpc) is 3.09. The molecule has 0 radical (unpaired) electrons. The summed E-state index contributed by atoms with van der Waals surface area (Å²) in [7, 11) is 0. The molecule has 2 fully saturated rings. The maximum Gasteiger partial charge on any atom is 0.236 e. The molecule has 2 amide bonds. The number of nitrogens with one attached hydrogen (secondary N) is 1. The second kappa shape index (κ2) is 7.88. The van der Waals surface area contributed by atoms with Gasteiger partial charge in [0.2, 0.25) is 11.8 Å². The van der Waals surface area contributed by atoms with Gasteiger partial charge in [0.15, 0.2) is 5.13 Å². The van der Waals surface area contributed by atoms with Crippen LogP contribution < -0.4 is 5.32 Å². The molecule has 1 N–H and O–H groups in total. The van der Waals surface area contributed by atoms with E-state index in [9.17, 15) is 9.59 Å². The minimum Gasteiger partial charge on any atom is -0.342 e. The minimum atomic E-state index is 0.0280. The van der Waals surface area contributed by atoms with E-state index < -0.39 is 0 Å². The Labute approximate surface area is 140 Å². The fourth-order valence-electron chi connectivity index (χ4n) is 3.28. The van der Waals surface area contributed by atoms with Crippen LogP contribution in [0.4, 0.5) is 5.13 Å². The van der Waals surface area contributed by atoms with Gasteiger partial charge < -0.3 is 10.2 Å². The number of hydrogen-bond acceptors (Lipinski definition) is 5. The van der Waals surface area contributed by atoms with Crippen molar-refractivity contribution in [2.24, 2.45) is 5.92 Å². The number of carbonyl (C=O) groups is 2. The first-order valence-electron chi connectivity index (χ1n) is 8.43. The Kier molecular flexibility index (Phi) is 5.61. The molecule has 1 aromatic rings. The number of rotatable bonds is 4. The fourth-order valence-corrected chi connectivity index (χ4v) is 3.81. The van der Waals surface area contributed by atoms with Gasteiger partial charge in [-0.3, -0.25) is 14.5 Å². The summed E-state index contributed by atoms with van der Waals surface area (Å²) in [5.41, 5.74) is 0. The van der Waals surface area contributed by atoms with E-state index in [2.05, 4.69) is 15.2 Å². The van der Waals surface area contributed by atoms with Gasteiger partial charge in [-0.25, -0.2) is 4.98 Å². The van der Waals surface area contributed by atoms with Crippen LogP contribution in [-0.2, 0) is 9.59 Å². The molecule has 0 unspecified atom stereocenters. The van der Waals surface area contributed by atoms with E-state index in [1.54, 1.807) is 6.20 Å². The maximum atomic E-state index is 12.3. The fraction of sp³-hybridized carbons (Fsp3) is 0.688. The van der Waals surface area contributed by atoms with E-state index in [1.165, 1.54) is 17.8 Å². The number of anilines is 1. The zero-order valence-corrected chi connectivity index (χ0v) is 14.2. The van der Waals surface area contributed by atoms with Crippen molar-refractivity contribution >= 4 is 28.3 Å². The number of thiazole rings is 1. The Morgan fingerprint density at radius 1 is 1.17 bits per heavy atom. The molecular weight excluding hydrogens is 312 g/mol. The Balaban J connectivity index is 1.41. The van der Waals surface area contributed by atoms with Crippen LogP contribution in [0.2, 0.25) is 0 Å². The third kappa shape index (κ3) is 4.51. The highest BCUT2D eigenvalue weighted by Gasteiger charge is 2.27. The van der Waals surface area contributed by atoms with Crippen LogP contribution in [0.1, 0.15) is 32.1 Å². The highest BCUT2D eigenvalue weighted by atomic mass is 32.1. The van der Waals surface area contributed by atoms with Gasteiger partial charge in [0, 0.05) is 30.6 Å². The van der Waals surface area contributed by atoms with Crippen LogP contribution in [0.15, 0.2) is 11.6 Å². The topological polar surface area (TPSA) is 65.5 Å². The molecule has 0 aromatic carbocycles. The number of piperidine rings is 2. The normalized spacial score (nSPS) is 20.4. The lowest BCUT2D eigenvalue weighted by atomic mass is 9.96. The van der Waals surface area contributed by atoms with E-state index in [-0.39, 0.29) is 17.7 Å². The first-order chi connectivity index (χ1) is 11.2. The molecule has 1 aromatic heterocycles. The van der Waals surface area contributed by atoms with Crippen LogP contribution >= 0.6 is 11.3 Å². The van der Waals surface area contributed by atoms with Gasteiger partial charge in [0.25, 0.3) is 0 Å². The summed E-state index contributed by atoms with van der Waals surface area (Å²) >= 11 is 1.44. The molecule has 7 heteroatoms. The van der Waals surface area contributed by atoms with Crippen LogP contribution in [0, 0.1) is 5.92 Å². The van der Waals surface area contributed by atoms with Crippen LogP contribution in [0.25, 0.3) is 0 Å². The molecule has 2 aliphatic rings. The molecule has 0 spiro atoms. The lowest BCUT2D eigenvalue weighted by molar-refractivity contribution is -0.133. The molecule has 0 bridgehead atoms. The molecule has 2 aliphatic heterocycles. The van der Waals surface area contributed by atoms with E-state index in [0.29, 0.717) is 11.7 Å². The smallest absolute Gasteiger partial charge is 0.236 e. The highest BCUT2D eigenvalue weighted by Crippen LogP contribution is 2.20. The van der Waals surface area contributed by atoms with Gasteiger partial charge in [-0.1, -0.05) is 0 Å². The Bertz CT molecular complexity index is 520. The maximum absolute atomic E-state index is 12.3. The monoisotopic (exact) mass is 336 g/mol. The van der Waals surface area contributed by atoms with Crippen LogP contribution in [0.3, 0.4) is 0 Å². The van der Waals surface area contributed by atoms with Gasteiger partial charge >= 0.3 is 0 Å². The van der Waals surface area contributed by atoms with Crippen molar-refractivity contribution < 1.29 is 9.59 Å². The predicted molar refractivity (Wildman–Crippen MR) is 90.3 cm³/mol. The average molecular weight is 336 g/mol. The van der Waals surface area contributed by atoms with Crippen molar-refractivity contribution in [1.29, 1.82) is 0 Å². The van der Waals surface area contributed by atoms with Crippen molar-refractivity contribution in [3.63, 3.8) is 0 Å². The van der Waals surface area contributed by atoms with Crippen molar-refractivity contribution in [1.82, 2.24) is 14.8 Å². The molecule has 0 saturated carbocycles. The number of hydrogen-bond donors (Lipinski definition) is 1. The molecule has 6 nitrogen and oxygen atoms in total. The van der Waals surface area contributed by atoms with Gasteiger partial charge in [-0.2, -0.15) is 0 Å². The molecule has 0 atom stereocenters. The number of amides is 2. The molecule has 3 rings (SSSR count). The summed E-state index contributed by atoms with van der Waals surface area (Å²) in [6, 6.07) is 0. The van der Waals surface area contributed by atoms with E-state index in [0.717, 1.165) is 51.9 Å². The van der Waals surface area contributed by atoms with Crippen molar-refractivity contribution in [2.75, 3.05) is 38.0 Å². The molecule has 3 heterocycles. The Morgan fingerprint density at radius 2 is 1.91 bits per heavy atom. The van der Waals surface area contributed by atoms with Gasteiger partial charge in [0.1, 0.15) is 0 Å². The summed E-state index contributed by atoms with van der Waals surface area (Å²) in [6.45, 7) is 3.95. The van der Waals surface area contributed by atoms with E-state index in [4.69, 9.17) is 0 Å². The molecule has 23 heavy (non-hydrogen) atoms. The summed E-state index contributed by atoms with van der Waals surface area (Å²) < 4.78 is 0. The molecule has 126 valence electrons. The Hall–Kier alpha value is -1.47. The third-order valence-corrected chi connectivity index (χ3v) is 5.38. The summed E-state index contributed by atoms with van der Waals surface area (Å²) in [4.78, 5) is 32.8. The quantitative estimate of drug-likeness (QED) is 0.911.